The van der Waals surface area contributed by atoms with Crippen LogP contribution in [0.5, 0.6) is 0 Å². The van der Waals surface area contributed by atoms with Gasteiger partial charge in [-0.1, -0.05) is 6.07 Å². The lowest BCUT2D eigenvalue weighted by atomic mass is 10.1. The van der Waals surface area contributed by atoms with E-state index in [2.05, 4.69) is 45.3 Å². The average Bonchev–Trinajstić information content (AvgIpc) is 2.08. The van der Waals surface area contributed by atoms with Crippen LogP contribution < -0.4 is 11.1 Å². The molecule has 0 atom stereocenters. The summed E-state index contributed by atoms with van der Waals surface area (Å²) in [5.74, 6) is 0.435. The summed E-state index contributed by atoms with van der Waals surface area (Å²) in [6.07, 6.45) is 0. The van der Waals surface area contributed by atoms with Gasteiger partial charge in [0.2, 0.25) is 0 Å². The van der Waals surface area contributed by atoms with Gasteiger partial charge in [-0.3, -0.25) is 0 Å². The van der Waals surface area contributed by atoms with E-state index in [1.807, 2.05) is 27.7 Å². The second kappa shape index (κ2) is 5.08. The van der Waals surface area contributed by atoms with Crippen molar-refractivity contribution in [2.75, 3.05) is 5.32 Å². The lowest BCUT2D eigenvalue weighted by Gasteiger charge is -2.16. The molecule has 0 saturated carbocycles. The number of nitrogens with two attached hydrogens (primary N) is 1. The summed E-state index contributed by atoms with van der Waals surface area (Å²) in [6, 6.07) is 4.16. The molecule has 0 aliphatic rings. The van der Waals surface area contributed by atoms with E-state index in [4.69, 9.17) is 5.73 Å². The van der Waals surface area contributed by atoms with Crippen LogP contribution >= 0.6 is 15.9 Å². The van der Waals surface area contributed by atoms with Crippen molar-refractivity contribution in [3.8, 4) is 0 Å². The Kier molecular flexibility index (Phi) is 4.20. The summed E-state index contributed by atoms with van der Waals surface area (Å²) < 4.78 is 1.00. The molecule has 0 bridgehead atoms. The highest BCUT2D eigenvalue weighted by Crippen LogP contribution is 2.27. The maximum Gasteiger partial charge on any atom is 0.193 e. The Morgan fingerprint density at radius 1 is 1.29 bits per heavy atom. The van der Waals surface area contributed by atoms with Crippen LogP contribution in [-0.4, -0.2) is 11.5 Å². The first kappa shape index (κ1) is 14.0. The quantitative estimate of drug-likeness (QED) is 0.615. The molecule has 3 nitrogen and oxygen atoms in total. The molecule has 94 valence electrons. The van der Waals surface area contributed by atoms with Crippen molar-refractivity contribution in [3.05, 3.63) is 27.7 Å². The van der Waals surface area contributed by atoms with Gasteiger partial charge in [0.15, 0.2) is 5.96 Å². The number of halogens is 1. The molecule has 0 unspecified atom stereocenters. The van der Waals surface area contributed by atoms with Crippen LogP contribution in [-0.2, 0) is 0 Å². The maximum absolute atomic E-state index is 5.89. The summed E-state index contributed by atoms with van der Waals surface area (Å²) >= 11 is 3.53. The second-order valence-electron chi connectivity index (χ2n) is 5.23. The van der Waals surface area contributed by atoms with E-state index in [0.29, 0.717) is 5.96 Å². The SMILES string of the molecule is Cc1cc(C)c(NC(N)=NC(C)(C)C)c(Br)c1. The van der Waals surface area contributed by atoms with Crippen molar-refractivity contribution in [3.63, 3.8) is 0 Å². The van der Waals surface area contributed by atoms with Crippen LogP contribution in [0.25, 0.3) is 0 Å². The van der Waals surface area contributed by atoms with Crippen LogP contribution in [0, 0.1) is 13.8 Å². The zero-order chi connectivity index (χ0) is 13.2. The van der Waals surface area contributed by atoms with Gasteiger partial charge in [-0.05, 0) is 67.7 Å². The molecule has 1 aromatic carbocycles. The smallest absolute Gasteiger partial charge is 0.193 e. The number of nitrogens with zero attached hydrogens (tertiary/aromatic N) is 1. The lowest BCUT2D eigenvalue weighted by Crippen LogP contribution is -2.27. The molecule has 0 heterocycles. The number of hydrogen-bond donors (Lipinski definition) is 2. The van der Waals surface area contributed by atoms with Gasteiger partial charge in [0.05, 0.1) is 11.2 Å². The lowest BCUT2D eigenvalue weighted by molar-refractivity contribution is 0.583. The van der Waals surface area contributed by atoms with Crippen molar-refractivity contribution in [1.29, 1.82) is 0 Å². The van der Waals surface area contributed by atoms with Crippen molar-refractivity contribution in [2.45, 2.75) is 40.2 Å². The number of guanidine groups is 1. The fraction of sp³-hybridized carbons (Fsp3) is 0.462. The number of aliphatic imine (C=N–C) groups is 1. The molecule has 0 spiro atoms. The molecule has 1 aromatic rings. The topological polar surface area (TPSA) is 50.4 Å². The third-order valence-corrected chi connectivity index (χ3v) is 2.77. The predicted molar refractivity (Wildman–Crippen MR) is 78.6 cm³/mol. The highest BCUT2D eigenvalue weighted by Gasteiger charge is 2.10. The van der Waals surface area contributed by atoms with Crippen LogP contribution in [0.3, 0.4) is 0 Å². The van der Waals surface area contributed by atoms with Gasteiger partial charge >= 0.3 is 0 Å². The molecule has 0 saturated heterocycles. The fourth-order valence-electron chi connectivity index (χ4n) is 1.59. The summed E-state index contributed by atoms with van der Waals surface area (Å²) in [6.45, 7) is 10.1. The van der Waals surface area contributed by atoms with Gasteiger partial charge < -0.3 is 11.1 Å². The molecule has 0 aliphatic heterocycles. The third kappa shape index (κ3) is 4.38. The van der Waals surface area contributed by atoms with E-state index in [9.17, 15) is 0 Å². The van der Waals surface area contributed by atoms with E-state index in [0.717, 1.165) is 15.7 Å². The van der Waals surface area contributed by atoms with Gasteiger partial charge in [0.25, 0.3) is 0 Å². The standard InChI is InChI=1S/C13H20BrN3/c1-8-6-9(2)11(10(14)7-8)16-12(15)17-13(3,4)5/h6-7H,1-5H3,(H3,15,16,17). The monoisotopic (exact) mass is 297 g/mol. The van der Waals surface area contributed by atoms with Crippen LogP contribution in [0.2, 0.25) is 0 Å². The van der Waals surface area contributed by atoms with Gasteiger partial charge in [0, 0.05) is 4.47 Å². The Labute approximate surface area is 112 Å². The van der Waals surface area contributed by atoms with Crippen LogP contribution in [0.15, 0.2) is 21.6 Å². The Morgan fingerprint density at radius 2 is 1.88 bits per heavy atom. The Morgan fingerprint density at radius 3 is 2.35 bits per heavy atom. The van der Waals surface area contributed by atoms with Crippen LogP contribution in [0.1, 0.15) is 31.9 Å². The minimum absolute atomic E-state index is 0.178. The molecule has 4 heteroatoms. The molecular weight excluding hydrogens is 278 g/mol. The Bertz CT molecular complexity index is 421. The first-order valence-corrected chi connectivity index (χ1v) is 6.37. The minimum atomic E-state index is -0.178. The zero-order valence-corrected chi connectivity index (χ0v) is 12.6. The van der Waals surface area contributed by atoms with Gasteiger partial charge in [0.1, 0.15) is 0 Å². The van der Waals surface area contributed by atoms with Gasteiger partial charge in [-0.2, -0.15) is 0 Å². The molecular formula is C13H20BrN3. The number of anilines is 1. The average molecular weight is 298 g/mol. The number of aryl methyl sites for hydroxylation is 2. The molecule has 1 rings (SSSR count). The van der Waals surface area contributed by atoms with E-state index in [1.54, 1.807) is 0 Å². The molecule has 0 amide bonds. The molecule has 0 aromatic heterocycles. The highest BCUT2D eigenvalue weighted by molar-refractivity contribution is 9.10. The summed E-state index contributed by atoms with van der Waals surface area (Å²) in [5, 5.41) is 3.14. The first-order chi connectivity index (χ1) is 7.69. The van der Waals surface area contributed by atoms with Crippen molar-refractivity contribution in [1.82, 2.24) is 0 Å². The van der Waals surface area contributed by atoms with E-state index >= 15 is 0 Å². The number of benzene rings is 1. The fourth-order valence-corrected chi connectivity index (χ4v) is 2.36. The van der Waals surface area contributed by atoms with Gasteiger partial charge in [-0.15, -0.1) is 0 Å². The summed E-state index contributed by atoms with van der Waals surface area (Å²) in [5.41, 5.74) is 9.04. The summed E-state index contributed by atoms with van der Waals surface area (Å²) in [7, 11) is 0. The number of nitrogens with one attached hydrogen (secondary N) is 1. The number of hydrogen-bond acceptors (Lipinski definition) is 1. The first-order valence-electron chi connectivity index (χ1n) is 5.58. The van der Waals surface area contributed by atoms with E-state index in [-0.39, 0.29) is 5.54 Å². The van der Waals surface area contributed by atoms with Crippen LogP contribution in [0.4, 0.5) is 5.69 Å². The Hall–Kier alpha value is -1.03. The van der Waals surface area contributed by atoms with Crippen molar-refractivity contribution >= 4 is 27.6 Å². The Balaban J connectivity index is 3.01. The molecule has 0 fully saturated rings. The molecule has 17 heavy (non-hydrogen) atoms. The molecule has 3 N–H and O–H groups in total. The molecule has 0 radical (unpaired) electrons. The van der Waals surface area contributed by atoms with Crippen molar-refractivity contribution < 1.29 is 0 Å². The van der Waals surface area contributed by atoms with E-state index < -0.39 is 0 Å². The normalized spacial score (nSPS) is 12.7. The minimum Gasteiger partial charge on any atom is -0.370 e. The van der Waals surface area contributed by atoms with Crippen molar-refractivity contribution in [2.24, 2.45) is 10.7 Å². The van der Waals surface area contributed by atoms with E-state index in [1.165, 1.54) is 5.56 Å². The van der Waals surface area contributed by atoms with Gasteiger partial charge in [-0.25, -0.2) is 4.99 Å². The number of rotatable bonds is 1. The highest BCUT2D eigenvalue weighted by atomic mass is 79.9. The largest absolute Gasteiger partial charge is 0.370 e. The predicted octanol–water partition coefficient (Wildman–Crippen LogP) is 3.59. The maximum atomic E-state index is 5.89. The third-order valence-electron chi connectivity index (χ3n) is 2.14. The summed E-state index contributed by atoms with van der Waals surface area (Å²) in [4.78, 5) is 4.37. The second-order valence-corrected chi connectivity index (χ2v) is 6.09. The zero-order valence-electron chi connectivity index (χ0n) is 11.1. The molecule has 0 aliphatic carbocycles.